The molecule has 1 aliphatic heterocycles. The van der Waals surface area contributed by atoms with Crippen LogP contribution in [0.3, 0.4) is 0 Å². The van der Waals surface area contributed by atoms with Gasteiger partial charge in [-0.3, -0.25) is 9.69 Å². The molecule has 2 bridgehead atoms. The number of fused-ring (bicyclic) bond motifs is 5. The van der Waals surface area contributed by atoms with E-state index in [9.17, 15) is 18.0 Å². The molecule has 0 aromatic heterocycles. The topological polar surface area (TPSA) is 44.4 Å². The summed E-state index contributed by atoms with van der Waals surface area (Å²) < 4.78 is 40.0. The third-order valence-electron chi connectivity index (χ3n) is 6.48. The van der Waals surface area contributed by atoms with E-state index in [0.717, 1.165) is 0 Å². The summed E-state index contributed by atoms with van der Waals surface area (Å²) in [5.41, 5.74) is 0. The van der Waals surface area contributed by atoms with Crippen molar-refractivity contribution < 1.29 is 18.0 Å². The maximum Gasteiger partial charge on any atom is 0.405 e. The van der Waals surface area contributed by atoms with Crippen LogP contribution in [-0.4, -0.2) is 55.7 Å². The number of carbonyl (C=O) groups is 1. The van der Waals surface area contributed by atoms with E-state index in [1.165, 1.54) is 24.2 Å². The van der Waals surface area contributed by atoms with Crippen LogP contribution in [0.5, 0.6) is 0 Å². The molecule has 4 fully saturated rings. The Morgan fingerprint density at radius 3 is 2.35 bits per heavy atom. The molecule has 4 rings (SSSR count). The molecule has 7 heteroatoms. The van der Waals surface area contributed by atoms with Gasteiger partial charge in [0.05, 0.1) is 0 Å². The number of hydrogen-bond acceptors (Lipinski definition) is 3. The van der Waals surface area contributed by atoms with Crippen molar-refractivity contribution in [3.05, 3.63) is 0 Å². The summed E-state index contributed by atoms with van der Waals surface area (Å²) in [6, 6.07) is -1.57. The first-order valence-corrected chi connectivity index (χ1v) is 8.76. The van der Waals surface area contributed by atoms with Gasteiger partial charge in [-0.15, -0.1) is 0 Å². The largest absolute Gasteiger partial charge is 0.405 e. The second-order valence-corrected chi connectivity index (χ2v) is 7.60. The third kappa shape index (κ3) is 2.76. The van der Waals surface area contributed by atoms with E-state index in [1.54, 1.807) is 0 Å². The van der Waals surface area contributed by atoms with Crippen molar-refractivity contribution in [2.24, 2.45) is 29.6 Å². The fourth-order valence-corrected chi connectivity index (χ4v) is 5.44. The molecular weight excluding hydrogens is 307 g/mol. The Bertz CT molecular complexity index is 462. The molecule has 4 aliphatic rings. The van der Waals surface area contributed by atoms with Crippen molar-refractivity contribution in [2.75, 3.05) is 32.7 Å². The van der Waals surface area contributed by atoms with Gasteiger partial charge in [0, 0.05) is 38.6 Å². The predicted octanol–water partition coefficient (Wildman–Crippen LogP) is 1.23. The Balaban J connectivity index is 1.34. The van der Waals surface area contributed by atoms with Gasteiger partial charge in [-0.2, -0.15) is 13.2 Å². The normalized spacial score (nSPS) is 40.7. The molecule has 1 saturated heterocycles. The van der Waals surface area contributed by atoms with Gasteiger partial charge >= 0.3 is 6.18 Å². The van der Waals surface area contributed by atoms with Gasteiger partial charge in [0.25, 0.3) is 0 Å². The lowest BCUT2D eigenvalue weighted by molar-refractivity contribution is -0.184. The summed E-state index contributed by atoms with van der Waals surface area (Å²) >= 11 is 0. The van der Waals surface area contributed by atoms with Crippen molar-refractivity contribution in [1.82, 2.24) is 15.5 Å². The van der Waals surface area contributed by atoms with Gasteiger partial charge in [0.1, 0.15) is 6.04 Å². The smallest absolute Gasteiger partial charge is 0.354 e. The molecule has 3 saturated carbocycles. The van der Waals surface area contributed by atoms with Crippen LogP contribution in [0.2, 0.25) is 0 Å². The van der Waals surface area contributed by atoms with Crippen molar-refractivity contribution in [3.63, 3.8) is 0 Å². The average molecular weight is 331 g/mol. The van der Waals surface area contributed by atoms with E-state index in [2.05, 4.69) is 10.6 Å². The lowest BCUT2D eigenvalue weighted by Crippen LogP contribution is -2.57. The summed E-state index contributed by atoms with van der Waals surface area (Å²) in [5.74, 6) is 2.12. The SMILES string of the molecule is O=C(NCC(N1CCNCC1)C(F)(F)F)C1C2C3CCC(C3)C12. The van der Waals surface area contributed by atoms with Crippen LogP contribution < -0.4 is 10.6 Å². The highest BCUT2D eigenvalue weighted by Crippen LogP contribution is 2.69. The lowest BCUT2D eigenvalue weighted by Gasteiger charge is -2.36. The highest BCUT2D eigenvalue weighted by atomic mass is 19.4. The zero-order chi connectivity index (χ0) is 16.2. The number of amides is 1. The van der Waals surface area contributed by atoms with Crippen LogP contribution >= 0.6 is 0 Å². The van der Waals surface area contributed by atoms with Gasteiger partial charge in [-0.05, 0) is 42.9 Å². The molecule has 2 N–H and O–H groups in total. The minimum Gasteiger partial charge on any atom is -0.354 e. The Hall–Kier alpha value is -0.820. The summed E-state index contributed by atoms with van der Waals surface area (Å²) in [4.78, 5) is 13.8. The molecule has 3 aliphatic carbocycles. The van der Waals surface area contributed by atoms with Crippen LogP contribution in [0, 0.1) is 29.6 Å². The lowest BCUT2D eigenvalue weighted by atomic mass is 10.0. The van der Waals surface area contributed by atoms with Crippen LogP contribution in [0.15, 0.2) is 0 Å². The van der Waals surface area contributed by atoms with Crippen molar-refractivity contribution in [2.45, 2.75) is 31.5 Å². The van der Waals surface area contributed by atoms with Crippen molar-refractivity contribution in [1.29, 1.82) is 0 Å². The second kappa shape index (κ2) is 5.62. The monoisotopic (exact) mass is 331 g/mol. The highest BCUT2D eigenvalue weighted by molar-refractivity contribution is 5.82. The molecule has 0 aromatic carbocycles. The Labute approximate surface area is 134 Å². The number of halogens is 3. The molecule has 0 aromatic rings. The molecule has 0 spiro atoms. The molecule has 130 valence electrons. The Kier molecular flexibility index (Phi) is 3.83. The molecular formula is C16H24F3N3O. The molecule has 1 heterocycles. The summed E-state index contributed by atoms with van der Waals surface area (Å²) in [5, 5.41) is 5.69. The van der Waals surface area contributed by atoms with E-state index in [4.69, 9.17) is 0 Å². The van der Waals surface area contributed by atoms with Gasteiger partial charge < -0.3 is 10.6 Å². The zero-order valence-corrected chi connectivity index (χ0v) is 13.1. The predicted molar refractivity (Wildman–Crippen MR) is 78.6 cm³/mol. The highest BCUT2D eigenvalue weighted by Gasteiger charge is 2.67. The fraction of sp³-hybridized carbons (Fsp3) is 0.938. The summed E-state index contributed by atoms with van der Waals surface area (Å²) in [6.07, 6.45) is -0.642. The van der Waals surface area contributed by atoms with E-state index in [0.29, 0.717) is 49.9 Å². The molecule has 5 atom stereocenters. The zero-order valence-electron chi connectivity index (χ0n) is 13.1. The Morgan fingerprint density at radius 2 is 1.78 bits per heavy atom. The maximum atomic E-state index is 13.3. The molecule has 1 amide bonds. The van der Waals surface area contributed by atoms with E-state index in [1.807, 2.05) is 0 Å². The summed E-state index contributed by atoms with van der Waals surface area (Å²) in [7, 11) is 0. The minimum absolute atomic E-state index is 0.00171. The standard InChI is InChI=1S/C16H24F3N3O/c17-16(18,19)11(22-5-3-20-4-6-22)8-21-15(23)14-12-9-1-2-10(7-9)13(12)14/h9-14,20H,1-8H2,(H,21,23). The van der Waals surface area contributed by atoms with Crippen molar-refractivity contribution in [3.8, 4) is 0 Å². The van der Waals surface area contributed by atoms with Gasteiger partial charge in [0.2, 0.25) is 5.91 Å². The van der Waals surface area contributed by atoms with E-state index < -0.39 is 12.2 Å². The number of alkyl halides is 3. The average Bonchev–Trinajstić information content (AvgIpc) is 2.95. The van der Waals surface area contributed by atoms with Crippen LogP contribution in [0.25, 0.3) is 0 Å². The van der Waals surface area contributed by atoms with Crippen molar-refractivity contribution >= 4 is 5.91 Å². The van der Waals surface area contributed by atoms with Crippen LogP contribution in [-0.2, 0) is 4.79 Å². The fourth-order valence-electron chi connectivity index (χ4n) is 5.44. The number of carbonyl (C=O) groups excluding carboxylic acids is 1. The van der Waals surface area contributed by atoms with E-state index >= 15 is 0 Å². The first-order chi connectivity index (χ1) is 11.0. The van der Waals surface area contributed by atoms with Crippen LogP contribution in [0.4, 0.5) is 13.2 Å². The maximum absolute atomic E-state index is 13.3. The Morgan fingerprint density at radius 1 is 1.17 bits per heavy atom. The number of nitrogens with one attached hydrogen (secondary N) is 2. The number of hydrogen-bond donors (Lipinski definition) is 2. The van der Waals surface area contributed by atoms with E-state index in [-0.39, 0.29) is 18.4 Å². The first-order valence-electron chi connectivity index (χ1n) is 8.76. The first kappa shape index (κ1) is 15.7. The minimum atomic E-state index is -4.30. The molecule has 0 radical (unpaired) electrons. The van der Waals surface area contributed by atoms with Gasteiger partial charge in [0.15, 0.2) is 0 Å². The number of nitrogens with zero attached hydrogens (tertiary/aromatic N) is 1. The number of rotatable bonds is 4. The molecule has 5 unspecified atom stereocenters. The van der Waals surface area contributed by atoms with Crippen LogP contribution in [0.1, 0.15) is 19.3 Å². The number of piperazine rings is 1. The molecule has 23 heavy (non-hydrogen) atoms. The molecule has 4 nitrogen and oxygen atoms in total. The van der Waals surface area contributed by atoms with Gasteiger partial charge in [-0.1, -0.05) is 0 Å². The second-order valence-electron chi connectivity index (χ2n) is 7.60. The third-order valence-corrected chi connectivity index (χ3v) is 6.48. The van der Waals surface area contributed by atoms with Gasteiger partial charge in [-0.25, -0.2) is 0 Å². The summed E-state index contributed by atoms with van der Waals surface area (Å²) in [6.45, 7) is 1.57. The quantitative estimate of drug-likeness (QED) is 0.814.